The molecule has 0 bridgehead atoms. The highest BCUT2D eigenvalue weighted by Crippen LogP contribution is 2.67. The van der Waals surface area contributed by atoms with Gasteiger partial charge in [0.25, 0.3) is 0 Å². The molecule has 4 fully saturated rings. The van der Waals surface area contributed by atoms with Gasteiger partial charge in [-0.15, -0.1) is 0 Å². The Hall–Kier alpha value is -5.00. The minimum atomic E-state index is -1.14. The zero-order valence-electron chi connectivity index (χ0n) is 46.6. The summed E-state index contributed by atoms with van der Waals surface area (Å²) in [5.74, 6) is 3.10. The van der Waals surface area contributed by atoms with Gasteiger partial charge in [0.2, 0.25) is 0 Å². The Bertz CT molecular complexity index is 2390. The van der Waals surface area contributed by atoms with Gasteiger partial charge in [0.05, 0.1) is 33.2 Å². The Morgan fingerprint density at radius 3 is 2.18 bits per heavy atom. The third-order valence-electron chi connectivity index (χ3n) is 19.5. The number of rotatable bonds is 25. The summed E-state index contributed by atoms with van der Waals surface area (Å²) in [4.78, 5) is 51.6. The van der Waals surface area contributed by atoms with E-state index in [0.717, 1.165) is 83.4 Å². The van der Waals surface area contributed by atoms with Gasteiger partial charge in [-0.2, -0.15) is 0 Å². The molecule has 0 aromatic heterocycles. The summed E-state index contributed by atoms with van der Waals surface area (Å²) in [6.07, 6.45) is 17.6. The molecule has 8 rings (SSSR count). The molecule has 414 valence electrons. The highest BCUT2D eigenvalue weighted by atomic mass is 16.6. The normalized spacial score (nSPS) is 29.0. The Kier molecular flexibility index (Phi) is 19.3. The van der Waals surface area contributed by atoms with Crippen molar-refractivity contribution in [1.29, 1.82) is 0 Å². The summed E-state index contributed by atoms with van der Waals surface area (Å²) in [6, 6.07) is 25.2. The summed E-state index contributed by atoms with van der Waals surface area (Å²) >= 11 is 0. The van der Waals surface area contributed by atoms with E-state index in [1.165, 1.54) is 56.9 Å². The first-order valence-corrected chi connectivity index (χ1v) is 29.2. The van der Waals surface area contributed by atoms with Gasteiger partial charge in [-0.1, -0.05) is 139 Å². The number of carboxylic acid groups (broad SMARTS) is 1. The third kappa shape index (κ3) is 12.9. The summed E-state index contributed by atoms with van der Waals surface area (Å²) in [7, 11) is 1.62. The van der Waals surface area contributed by atoms with Crippen LogP contribution >= 0.6 is 0 Å². The highest BCUT2D eigenvalue weighted by Gasteiger charge is 2.59. The SMILES string of the molecule is COc1ccc(C(OCC2CC(C(=O)CCCCCNC(=O)OC3CC[C@@]4(C)C(=CCC5C4CC[C@@]4(C)C5CC[C@@H]4C(C)CCCC(C)C)C3)CC2OC(=O)CCC(=O)O)(c2ccccc2)c2ccc(CO)cc2)cc1. The largest absolute Gasteiger partial charge is 0.497 e. The maximum absolute atomic E-state index is 13.9. The van der Waals surface area contributed by atoms with Crippen LogP contribution < -0.4 is 10.1 Å². The Labute approximate surface area is 453 Å². The van der Waals surface area contributed by atoms with Gasteiger partial charge in [0, 0.05) is 31.2 Å². The second-order valence-corrected chi connectivity index (χ2v) is 24.6. The highest BCUT2D eigenvalue weighted by molar-refractivity contribution is 5.81. The van der Waals surface area contributed by atoms with Crippen molar-refractivity contribution in [2.24, 2.45) is 58.2 Å². The van der Waals surface area contributed by atoms with E-state index in [-0.39, 0.29) is 61.3 Å². The molecule has 0 radical (unpaired) electrons. The number of allylic oxidation sites excluding steroid dienone is 1. The first-order valence-electron chi connectivity index (χ1n) is 29.2. The zero-order chi connectivity index (χ0) is 54.0. The number of benzene rings is 3. The van der Waals surface area contributed by atoms with E-state index in [9.17, 15) is 29.4 Å². The molecule has 0 spiro atoms. The van der Waals surface area contributed by atoms with Crippen LogP contribution in [0.5, 0.6) is 5.75 Å². The molecule has 5 aliphatic rings. The average Bonchev–Trinajstić information content (AvgIpc) is 4.00. The number of ketones is 1. The predicted molar refractivity (Wildman–Crippen MR) is 295 cm³/mol. The predicted octanol–water partition coefficient (Wildman–Crippen LogP) is 13.6. The van der Waals surface area contributed by atoms with Crippen LogP contribution in [0, 0.1) is 58.2 Å². The monoisotopic (exact) mass is 1040 g/mol. The number of carbonyl (C=O) groups is 4. The van der Waals surface area contributed by atoms with E-state index in [0.29, 0.717) is 49.8 Å². The number of amides is 1. The van der Waals surface area contributed by atoms with E-state index in [4.69, 9.17) is 18.9 Å². The lowest BCUT2D eigenvalue weighted by Crippen LogP contribution is -2.51. The van der Waals surface area contributed by atoms with Gasteiger partial charge in [-0.25, -0.2) is 4.79 Å². The van der Waals surface area contributed by atoms with E-state index in [1.54, 1.807) is 7.11 Å². The average molecular weight is 1040 g/mol. The van der Waals surface area contributed by atoms with Crippen molar-refractivity contribution in [3.63, 3.8) is 0 Å². The number of hydrogen-bond acceptors (Lipinski definition) is 9. The number of aliphatic hydroxyl groups is 1. The Balaban J connectivity index is 0.827. The molecular weight excluding hydrogens is 955 g/mol. The number of esters is 1. The molecule has 11 heteroatoms. The Morgan fingerprint density at radius 1 is 0.763 bits per heavy atom. The van der Waals surface area contributed by atoms with Crippen LogP contribution in [0.2, 0.25) is 0 Å². The quantitative estimate of drug-likeness (QED) is 0.0323. The van der Waals surface area contributed by atoms with Gasteiger partial charge >= 0.3 is 18.0 Å². The number of nitrogens with one attached hydrogen (secondary N) is 1. The molecule has 9 unspecified atom stereocenters. The second kappa shape index (κ2) is 25.6. The van der Waals surface area contributed by atoms with Gasteiger partial charge in [0.15, 0.2) is 0 Å². The van der Waals surface area contributed by atoms with E-state index in [1.807, 2.05) is 78.9 Å². The number of ether oxygens (including phenoxy) is 4. The molecular formula is C65H89NO10. The fourth-order valence-electron chi connectivity index (χ4n) is 15.4. The van der Waals surface area contributed by atoms with Crippen molar-refractivity contribution in [2.75, 3.05) is 20.3 Å². The van der Waals surface area contributed by atoms with E-state index < -0.39 is 23.6 Å². The number of carboxylic acids is 1. The van der Waals surface area contributed by atoms with E-state index in [2.05, 4.69) is 46.0 Å². The van der Waals surface area contributed by atoms with Crippen LogP contribution in [-0.2, 0) is 40.8 Å². The van der Waals surface area contributed by atoms with Gasteiger partial charge in [-0.05, 0) is 151 Å². The molecule has 5 aliphatic carbocycles. The molecule has 3 aromatic rings. The van der Waals surface area contributed by atoms with Crippen molar-refractivity contribution >= 4 is 23.8 Å². The summed E-state index contributed by atoms with van der Waals surface area (Å²) < 4.78 is 24.8. The maximum atomic E-state index is 13.9. The fraction of sp³-hybridized carbons (Fsp3) is 0.631. The van der Waals surface area contributed by atoms with Crippen molar-refractivity contribution in [1.82, 2.24) is 5.32 Å². The minimum Gasteiger partial charge on any atom is -0.497 e. The maximum Gasteiger partial charge on any atom is 0.407 e. The van der Waals surface area contributed by atoms with Crippen molar-refractivity contribution < 1.29 is 48.3 Å². The van der Waals surface area contributed by atoms with Gasteiger partial charge < -0.3 is 34.5 Å². The second-order valence-electron chi connectivity index (χ2n) is 24.6. The number of carbonyl (C=O) groups excluding carboxylic acids is 3. The standard InChI is InChI=1S/C65H89NO10/c1-43(2)14-13-15-44(3)55-29-30-56-54-28-25-51-40-53(33-35-63(51,4)57(54)34-36-64(55,56)5)75-62(72)66-37-12-8-11-18-58(68)46-38-47(59(39-46)76-61(71)32-31-60(69)70)42-74-65(48-16-9-7-10-17-48,49-21-19-45(41-67)20-22-49)50-23-26-52(73-6)27-24-50/h7,9-10,16-17,19-27,43-44,46-47,53-57,59,67H,8,11-15,18,28-42H2,1-6H3,(H,66,72)(H,69,70)/t44?,46?,47?,53?,54?,55-,56?,57?,59?,63+,64-,65?/m1/s1. The molecule has 0 saturated heterocycles. The smallest absolute Gasteiger partial charge is 0.407 e. The van der Waals surface area contributed by atoms with Crippen LogP contribution in [0.15, 0.2) is 90.5 Å². The fourth-order valence-corrected chi connectivity index (χ4v) is 15.4. The molecule has 3 aromatic carbocycles. The molecule has 1 amide bonds. The lowest BCUT2D eigenvalue weighted by atomic mass is 9.47. The topological polar surface area (TPSA) is 158 Å². The number of aliphatic hydroxyl groups excluding tert-OH is 1. The number of alkyl carbamates (subject to hydrolysis) is 1. The number of aliphatic carboxylic acids is 1. The molecule has 12 atom stereocenters. The lowest BCUT2D eigenvalue weighted by molar-refractivity contribution is -0.155. The number of Topliss-reactive ketones (excluding diaryl/α,β-unsaturated/α-hetero) is 1. The van der Waals surface area contributed by atoms with Crippen LogP contribution in [0.3, 0.4) is 0 Å². The summed E-state index contributed by atoms with van der Waals surface area (Å²) in [5, 5.41) is 22.2. The Morgan fingerprint density at radius 2 is 1.49 bits per heavy atom. The number of unbranched alkanes of at least 4 members (excludes halogenated alkanes) is 2. The first kappa shape index (κ1) is 57.2. The lowest BCUT2D eigenvalue weighted by Gasteiger charge is -2.58. The van der Waals surface area contributed by atoms with Gasteiger partial charge in [0.1, 0.15) is 29.3 Å². The molecule has 0 aliphatic heterocycles. The van der Waals surface area contributed by atoms with Crippen LogP contribution in [0.25, 0.3) is 0 Å². The van der Waals surface area contributed by atoms with E-state index >= 15 is 0 Å². The van der Waals surface area contributed by atoms with Crippen LogP contribution in [0.1, 0.15) is 179 Å². The van der Waals surface area contributed by atoms with Crippen molar-refractivity contribution in [2.45, 2.75) is 181 Å². The van der Waals surface area contributed by atoms with Crippen LogP contribution in [-0.4, -0.2) is 66.5 Å². The molecule has 76 heavy (non-hydrogen) atoms. The van der Waals surface area contributed by atoms with Gasteiger partial charge in [-0.3, -0.25) is 14.4 Å². The molecule has 0 heterocycles. The van der Waals surface area contributed by atoms with Crippen molar-refractivity contribution in [3.05, 3.63) is 113 Å². The number of fused-ring (bicyclic) bond motifs is 5. The number of methoxy groups -OCH3 is 1. The minimum absolute atomic E-state index is 0.0926. The summed E-state index contributed by atoms with van der Waals surface area (Å²) in [5.41, 5.74) is 4.30. The summed E-state index contributed by atoms with van der Waals surface area (Å²) in [6.45, 7) is 12.9. The molecule has 4 saturated carbocycles. The van der Waals surface area contributed by atoms with Crippen molar-refractivity contribution in [3.8, 4) is 5.75 Å². The number of hydrogen-bond donors (Lipinski definition) is 3. The third-order valence-corrected chi connectivity index (χ3v) is 19.5. The molecule has 11 nitrogen and oxygen atoms in total. The molecule has 3 N–H and O–H groups in total. The van der Waals surface area contributed by atoms with Crippen LogP contribution in [0.4, 0.5) is 4.79 Å². The zero-order valence-corrected chi connectivity index (χ0v) is 46.6. The first-order chi connectivity index (χ1) is 36.6.